The van der Waals surface area contributed by atoms with E-state index in [0.29, 0.717) is 5.82 Å². The molecule has 9 rings (SSSR count). The van der Waals surface area contributed by atoms with E-state index in [2.05, 4.69) is 127 Å². The van der Waals surface area contributed by atoms with Crippen LogP contribution in [0.1, 0.15) is 0 Å². The van der Waals surface area contributed by atoms with Gasteiger partial charge in [0.1, 0.15) is 11.2 Å². The van der Waals surface area contributed by atoms with Gasteiger partial charge in [-0.3, -0.25) is 0 Å². The summed E-state index contributed by atoms with van der Waals surface area (Å²) in [6.07, 6.45) is 0. The van der Waals surface area contributed by atoms with Gasteiger partial charge in [0.25, 0.3) is 0 Å². The molecule has 0 aliphatic carbocycles. The lowest BCUT2D eigenvalue weighted by Gasteiger charge is -2.13. The Labute approximate surface area is 260 Å². The Morgan fingerprint density at radius 3 is 1.76 bits per heavy atom. The van der Waals surface area contributed by atoms with E-state index in [1.165, 1.54) is 0 Å². The molecule has 0 radical (unpaired) electrons. The van der Waals surface area contributed by atoms with Gasteiger partial charge in [0.05, 0.1) is 11.2 Å². The number of hydrogen-bond donors (Lipinski definition) is 0. The fourth-order valence-electron chi connectivity index (χ4n) is 6.44. The highest BCUT2D eigenvalue weighted by molar-refractivity contribution is 6.15. The van der Waals surface area contributed by atoms with E-state index in [1.807, 2.05) is 30.3 Å². The van der Waals surface area contributed by atoms with Crippen molar-refractivity contribution >= 4 is 43.6 Å². The highest BCUT2D eigenvalue weighted by atomic mass is 16.3. The molecule has 3 nitrogen and oxygen atoms in total. The maximum atomic E-state index is 6.33. The van der Waals surface area contributed by atoms with Crippen molar-refractivity contribution in [2.45, 2.75) is 0 Å². The van der Waals surface area contributed by atoms with Crippen LogP contribution in [0.2, 0.25) is 0 Å². The summed E-state index contributed by atoms with van der Waals surface area (Å²) in [4.78, 5) is 10.4. The van der Waals surface area contributed by atoms with Gasteiger partial charge in [-0.2, -0.15) is 0 Å². The summed E-state index contributed by atoms with van der Waals surface area (Å²) in [6, 6.07) is 55.0. The topological polar surface area (TPSA) is 38.9 Å². The number of rotatable bonds is 4. The molecule has 210 valence electrons. The monoisotopic (exact) mass is 574 g/mol. The average molecular weight is 575 g/mol. The van der Waals surface area contributed by atoms with Gasteiger partial charge in [-0.25, -0.2) is 9.97 Å². The van der Waals surface area contributed by atoms with Crippen molar-refractivity contribution in [3.05, 3.63) is 158 Å². The third-order valence-electron chi connectivity index (χ3n) is 8.64. The molecule has 3 heteroatoms. The van der Waals surface area contributed by atoms with E-state index < -0.39 is 0 Å². The molecule has 2 aromatic heterocycles. The van der Waals surface area contributed by atoms with Crippen molar-refractivity contribution in [1.29, 1.82) is 0 Å². The van der Waals surface area contributed by atoms with Gasteiger partial charge in [0.15, 0.2) is 5.82 Å². The molecule has 7 aromatic carbocycles. The van der Waals surface area contributed by atoms with Crippen LogP contribution in [0.25, 0.3) is 88.5 Å². The molecule has 0 unspecified atom stereocenters. The highest BCUT2D eigenvalue weighted by Crippen LogP contribution is 2.38. The Morgan fingerprint density at radius 2 is 1.00 bits per heavy atom. The third kappa shape index (κ3) is 4.37. The Hall–Kier alpha value is -6.06. The fraction of sp³-hybridized carbons (Fsp3) is 0. The predicted octanol–water partition coefficient (Wildman–Crippen LogP) is 11.4. The Kier molecular flexibility index (Phi) is 5.82. The molecular weight excluding hydrogens is 548 g/mol. The van der Waals surface area contributed by atoms with Crippen LogP contribution in [0.5, 0.6) is 0 Å². The minimum absolute atomic E-state index is 0.700. The third-order valence-corrected chi connectivity index (χ3v) is 8.64. The van der Waals surface area contributed by atoms with Crippen LogP contribution in [0.4, 0.5) is 0 Å². The van der Waals surface area contributed by atoms with Gasteiger partial charge in [0, 0.05) is 32.7 Å². The van der Waals surface area contributed by atoms with Crippen molar-refractivity contribution in [3.8, 4) is 44.9 Å². The number of benzene rings is 7. The molecule has 0 saturated heterocycles. The summed E-state index contributed by atoms with van der Waals surface area (Å²) in [7, 11) is 0. The quantitative estimate of drug-likeness (QED) is 0.210. The van der Waals surface area contributed by atoms with Gasteiger partial charge in [0.2, 0.25) is 0 Å². The molecule has 0 spiro atoms. The first-order valence-corrected chi connectivity index (χ1v) is 15.2. The summed E-state index contributed by atoms with van der Waals surface area (Å²) in [6.45, 7) is 0. The Morgan fingerprint density at radius 1 is 0.378 bits per heavy atom. The van der Waals surface area contributed by atoms with Crippen LogP contribution < -0.4 is 0 Å². The minimum Gasteiger partial charge on any atom is -0.455 e. The summed E-state index contributed by atoms with van der Waals surface area (Å²) in [5.74, 6) is 0.700. The van der Waals surface area contributed by atoms with E-state index in [9.17, 15) is 0 Å². The molecule has 2 heterocycles. The molecular formula is C42H26N2O. The second-order valence-corrected chi connectivity index (χ2v) is 11.4. The van der Waals surface area contributed by atoms with Crippen LogP contribution in [-0.2, 0) is 0 Å². The van der Waals surface area contributed by atoms with Gasteiger partial charge in [-0.1, -0.05) is 109 Å². The van der Waals surface area contributed by atoms with Crippen LogP contribution in [0, 0.1) is 0 Å². The van der Waals surface area contributed by atoms with Crippen molar-refractivity contribution in [1.82, 2.24) is 9.97 Å². The smallest absolute Gasteiger partial charge is 0.160 e. The molecule has 0 aliphatic heterocycles. The average Bonchev–Trinajstić information content (AvgIpc) is 3.51. The van der Waals surface area contributed by atoms with Gasteiger partial charge < -0.3 is 4.42 Å². The molecule has 0 fully saturated rings. The Balaban J connectivity index is 1.25. The van der Waals surface area contributed by atoms with Crippen LogP contribution >= 0.6 is 0 Å². The standard InChI is InChI=1S/C42H26N2O/c1-3-11-27(12-4-1)31-24-32(28-13-5-2-6-14-28)26-33(25-31)42-43-38-17-9-7-16-37(38)40(44-42)30-20-21-34-29(23-30)19-22-36-35-15-8-10-18-39(35)45-41(34)36/h1-26H. The van der Waals surface area contributed by atoms with Crippen molar-refractivity contribution < 1.29 is 4.42 Å². The summed E-state index contributed by atoms with van der Waals surface area (Å²) in [5.41, 5.74) is 10.2. The number of fused-ring (bicyclic) bond motifs is 6. The first-order valence-electron chi connectivity index (χ1n) is 15.2. The first-order chi connectivity index (χ1) is 22.3. The van der Waals surface area contributed by atoms with Gasteiger partial charge in [-0.15, -0.1) is 0 Å². The summed E-state index contributed by atoms with van der Waals surface area (Å²) >= 11 is 0. The maximum absolute atomic E-state index is 6.33. The molecule has 0 bridgehead atoms. The molecule has 45 heavy (non-hydrogen) atoms. The highest BCUT2D eigenvalue weighted by Gasteiger charge is 2.16. The molecule has 9 aromatic rings. The fourth-order valence-corrected chi connectivity index (χ4v) is 6.44. The van der Waals surface area contributed by atoms with Crippen LogP contribution in [0.3, 0.4) is 0 Å². The summed E-state index contributed by atoms with van der Waals surface area (Å²) < 4.78 is 6.33. The van der Waals surface area contributed by atoms with E-state index in [-0.39, 0.29) is 0 Å². The normalized spacial score (nSPS) is 11.6. The lowest BCUT2D eigenvalue weighted by Crippen LogP contribution is -1.96. The first kappa shape index (κ1) is 25.4. The molecule has 0 N–H and O–H groups in total. The molecule has 0 atom stereocenters. The van der Waals surface area contributed by atoms with E-state index in [4.69, 9.17) is 14.4 Å². The molecule has 0 amide bonds. The molecule has 0 saturated carbocycles. The SMILES string of the molecule is c1ccc(-c2cc(-c3ccccc3)cc(-c3nc(-c4ccc5c(ccc6c7ccccc7oc56)c4)c4ccccc4n3)c2)cc1. The zero-order valence-electron chi connectivity index (χ0n) is 24.3. The molecule has 0 aliphatic rings. The zero-order valence-corrected chi connectivity index (χ0v) is 24.3. The van der Waals surface area contributed by atoms with Crippen LogP contribution in [0.15, 0.2) is 162 Å². The lowest BCUT2D eigenvalue weighted by molar-refractivity contribution is 0.672. The minimum atomic E-state index is 0.700. The number of para-hydroxylation sites is 2. The van der Waals surface area contributed by atoms with E-state index in [1.54, 1.807) is 0 Å². The number of hydrogen-bond acceptors (Lipinski definition) is 3. The number of aromatic nitrogens is 2. The maximum Gasteiger partial charge on any atom is 0.160 e. The van der Waals surface area contributed by atoms with Crippen LogP contribution in [-0.4, -0.2) is 9.97 Å². The van der Waals surface area contributed by atoms with E-state index >= 15 is 0 Å². The second-order valence-electron chi connectivity index (χ2n) is 11.4. The van der Waals surface area contributed by atoms with Crippen molar-refractivity contribution in [2.75, 3.05) is 0 Å². The van der Waals surface area contributed by atoms with E-state index in [0.717, 1.165) is 82.7 Å². The number of furan rings is 1. The number of nitrogens with zero attached hydrogens (tertiary/aromatic N) is 2. The second kappa shape index (κ2) is 10.3. The summed E-state index contributed by atoms with van der Waals surface area (Å²) in [5, 5.41) is 5.49. The largest absolute Gasteiger partial charge is 0.455 e. The van der Waals surface area contributed by atoms with Crippen molar-refractivity contribution in [2.24, 2.45) is 0 Å². The predicted molar refractivity (Wildman–Crippen MR) is 186 cm³/mol. The Bertz CT molecular complexity index is 2470. The van der Waals surface area contributed by atoms with Gasteiger partial charge >= 0.3 is 0 Å². The van der Waals surface area contributed by atoms with Gasteiger partial charge in [-0.05, 0) is 76.2 Å². The van der Waals surface area contributed by atoms with Crippen molar-refractivity contribution in [3.63, 3.8) is 0 Å². The zero-order chi connectivity index (χ0) is 29.7. The lowest BCUT2D eigenvalue weighted by atomic mass is 9.95.